The number of nitrogens with one attached hydrogen (secondary N) is 1. The van der Waals surface area contributed by atoms with Gasteiger partial charge >= 0.3 is 0 Å². The van der Waals surface area contributed by atoms with Crippen molar-refractivity contribution in [3.8, 4) is 5.75 Å². The van der Waals surface area contributed by atoms with Crippen LogP contribution in [0.2, 0.25) is 0 Å². The number of hydrogen-bond donors (Lipinski definition) is 1. The van der Waals surface area contributed by atoms with E-state index in [1.807, 2.05) is 13.0 Å². The number of aryl methyl sites for hydroxylation is 1. The molecular formula is C14H24N2O2. The zero-order valence-electron chi connectivity index (χ0n) is 11.8. The first-order valence-corrected chi connectivity index (χ1v) is 6.45. The molecule has 0 spiro atoms. The molecule has 4 heteroatoms. The number of pyridine rings is 1. The molecule has 0 unspecified atom stereocenters. The van der Waals surface area contributed by atoms with E-state index in [-0.39, 0.29) is 0 Å². The fourth-order valence-electron chi connectivity index (χ4n) is 1.56. The number of aromatic nitrogens is 1. The van der Waals surface area contributed by atoms with E-state index < -0.39 is 0 Å². The van der Waals surface area contributed by atoms with Crippen molar-refractivity contribution in [2.45, 2.75) is 27.2 Å². The summed E-state index contributed by atoms with van der Waals surface area (Å²) in [6.07, 6.45) is 2.73. The minimum atomic E-state index is 0.598. The van der Waals surface area contributed by atoms with Crippen LogP contribution in [0, 0.1) is 12.8 Å². The van der Waals surface area contributed by atoms with Crippen molar-refractivity contribution in [3.63, 3.8) is 0 Å². The molecule has 1 rings (SSSR count). The van der Waals surface area contributed by atoms with Crippen LogP contribution in [0.25, 0.3) is 0 Å². The van der Waals surface area contributed by atoms with Crippen molar-refractivity contribution in [2.24, 2.45) is 5.92 Å². The van der Waals surface area contributed by atoms with Gasteiger partial charge in [0, 0.05) is 25.5 Å². The Bertz CT molecular complexity index is 354. The highest BCUT2D eigenvalue weighted by molar-refractivity contribution is 5.55. The molecule has 1 aromatic heterocycles. The molecule has 0 saturated heterocycles. The summed E-state index contributed by atoms with van der Waals surface area (Å²) in [5.74, 6) is 1.38. The van der Waals surface area contributed by atoms with Crippen molar-refractivity contribution in [3.05, 3.63) is 18.0 Å². The highest BCUT2D eigenvalue weighted by Crippen LogP contribution is 2.23. The van der Waals surface area contributed by atoms with Gasteiger partial charge in [0.25, 0.3) is 0 Å². The molecule has 0 fully saturated rings. The summed E-state index contributed by atoms with van der Waals surface area (Å²) in [7, 11) is 1.66. The molecule has 4 nitrogen and oxygen atoms in total. The number of ether oxygens (including phenoxy) is 2. The number of rotatable bonds is 8. The van der Waals surface area contributed by atoms with E-state index in [0.29, 0.717) is 5.92 Å². The van der Waals surface area contributed by atoms with Crippen LogP contribution >= 0.6 is 0 Å². The number of anilines is 1. The topological polar surface area (TPSA) is 43.4 Å². The lowest BCUT2D eigenvalue weighted by Crippen LogP contribution is -2.09. The summed E-state index contributed by atoms with van der Waals surface area (Å²) in [6.45, 7) is 8.77. The van der Waals surface area contributed by atoms with Crippen molar-refractivity contribution in [1.29, 1.82) is 0 Å². The Morgan fingerprint density at radius 3 is 2.83 bits per heavy atom. The van der Waals surface area contributed by atoms with Gasteiger partial charge in [-0.25, -0.2) is 0 Å². The maximum Gasteiger partial charge on any atom is 0.160 e. The van der Waals surface area contributed by atoms with E-state index >= 15 is 0 Å². The molecule has 102 valence electrons. The highest BCUT2D eigenvalue weighted by atomic mass is 16.5. The van der Waals surface area contributed by atoms with Gasteiger partial charge in [-0.2, -0.15) is 0 Å². The van der Waals surface area contributed by atoms with E-state index in [2.05, 4.69) is 24.1 Å². The van der Waals surface area contributed by atoms with Gasteiger partial charge in [-0.1, -0.05) is 13.8 Å². The van der Waals surface area contributed by atoms with E-state index in [4.69, 9.17) is 9.47 Å². The van der Waals surface area contributed by atoms with Crippen LogP contribution in [0.3, 0.4) is 0 Å². The van der Waals surface area contributed by atoms with Gasteiger partial charge < -0.3 is 14.8 Å². The standard InChI is InChI=1S/C14H24N2O2/c1-11(2)10-18-7-5-6-15-13-8-12(3)16-9-14(13)17-4/h8-9,11H,5-7,10H2,1-4H3,(H,15,16). The van der Waals surface area contributed by atoms with Crippen LogP contribution in [0.15, 0.2) is 12.3 Å². The highest BCUT2D eigenvalue weighted by Gasteiger charge is 2.03. The third-order valence-electron chi connectivity index (χ3n) is 2.46. The lowest BCUT2D eigenvalue weighted by Gasteiger charge is -2.12. The molecule has 1 heterocycles. The molecule has 0 aromatic carbocycles. The van der Waals surface area contributed by atoms with Gasteiger partial charge in [-0.05, 0) is 25.3 Å². The fourth-order valence-corrected chi connectivity index (χ4v) is 1.56. The molecule has 0 aliphatic carbocycles. The molecular weight excluding hydrogens is 228 g/mol. The minimum absolute atomic E-state index is 0.598. The summed E-state index contributed by atoms with van der Waals surface area (Å²) in [4.78, 5) is 4.20. The van der Waals surface area contributed by atoms with Gasteiger partial charge in [-0.15, -0.1) is 0 Å². The Morgan fingerprint density at radius 2 is 2.17 bits per heavy atom. The van der Waals surface area contributed by atoms with Gasteiger partial charge in [0.05, 0.1) is 19.0 Å². The number of nitrogens with zero attached hydrogens (tertiary/aromatic N) is 1. The van der Waals surface area contributed by atoms with Crippen LogP contribution < -0.4 is 10.1 Å². The van der Waals surface area contributed by atoms with Gasteiger partial charge in [0.1, 0.15) is 0 Å². The van der Waals surface area contributed by atoms with Crippen molar-refractivity contribution < 1.29 is 9.47 Å². The maximum atomic E-state index is 5.53. The molecule has 0 radical (unpaired) electrons. The second-order valence-electron chi connectivity index (χ2n) is 4.78. The lowest BCUT2D eigenvalue weighted by molar-refractivity contribution is 0.110. The van der Waals surface area contributed by atoms with E-state index in [9.17, 15) is 0 Å². The minimum Gasteiger partial charge on any atom is -0.493 e. The summed E-state index contributed by atoms with van der Waals surface area (Å²) in [5.41, 5.74) is 1.98. The third-order valence-corrected chi connectivity index (χ3v) is 2.46. The molecule has 0 atom stereocenters. The van der Waals surface area contributed by atoms with E-state index in [1.165, 1.54) is 0 Å². The molecule has 0 aliphatic heterocycles. The molecule has 18 heavy (non-hydrogen) atoms. The second kappa shape index (κ2) is 7.93. The summed E-state index contributed by atoms with van der Waals surface area (Å²) < 4.78 is 10.8. The monoisotopic (exact) mass is 252 g/mol. The van der Waals surface area contributed by atoms with Crippen molar-refractivity contribution in [2.75, 3.05) is 32.2 Å². The molecule has 0 amide bonds. The predicted molar refractivity (Wildman–Crippen MR) is 74.3 cm³/mol. The van der Waals surface area contributed by atoms with Crippen LogP contribution in [0.5, 0.6) is 5.75 Å². The predicted octanol–water partition coefficient (Wildman–Crippen LogP) is 2.87. The Labute approximate surface area is 110 Å². The average molecular weight is 252 g/mol. The Hall–Kier alpha value is -1.29. The molecule has 1 N–H and O–H groups in total. The fraction of sp³-hybridized carbons (Fsp3) is 0.643. The van der Waals surface area contributed by atoms with E-state index in [1.54, 1.807) is 13.3 Å². The first-order valence-electron chi connectivity index (χ1n) is 6.45. The van der Waals surface area contributed by atoms with Gasteiger partial charge in [0.15, 0.2) is 5.75 Å². The number of methoxy groups -OCH3 is 1. The largest absolute Gasteiger partial charge is 0.493 e. The van der Waals surface area contributed by atoms with Crippen LogP contribution in [-0.2, 0) is 4.74 Å². The Morgan fingerprint density at radius 1 is 1.39 bits per heavy atom. The van der Waals surface area contributed by atoms with Crippen LogP contribution in [-0.4, -0.2) is 31.9 Å². The van der Waals surface area contributed by atoms with Gasteiger partial charge in [0.2, 0.25) is 0 Å². The second-order valence-corrected chi connectivity index (χ2v) is 4.78. The number of hydrogen-bond acceptors (Lipinski definition) is 4. The molecule has 0 aliphatic rings. The Balaban J connectivity index is 2.28. The van der Waals surface area contributed by atoms with Crippen LogP contribution in [0.1, 0.15) is 26.0 Å². The molecule has 0 saturated carbocycles. The first kappa shape index (κ1) is 14.8. The smallest absolute Gasteiger partial charge is 0.160 e. The SMILES string of the molecule is COc1cnc(C)cc1NCCCOCC(C)C. The quantitative estimate of drug-likeness (QED) is 0.722. The van der Waals surface area contributed by atoms with Gasteiger partial charge in [-0.3, -0.25) is 4.98 Å². The average Bonchev–Trinajstić information content (AvgIpc) is 2.33. The summed E-state index contributed by atoms with van der Waals surface area (Å²) >= 11 is 0. The molecule has 0 bridgehead atoms. The third kappa shape index (κ3) is 5.36. The zero-order valence-corrected chi connectivity index (χ0v) is 11.8. The molecule has 1 aromatic rings. The summed E-state index contributed by atoms with van der Waals surface area (Å²) in [5, 5.41) is 3.35. The lowest BCUT2D eigenvalue weighted by atomic mass is 10.2. The van der Waals surface area contributed by atoms with E-state index in [0.717, 1.165) is 43.3 Å². The summed E-state index contributed by atoms with van der Waals surface area (Å²) in [6, 6.07) is 1.99. The van der Waals surface area contributed by atoms with Crippen molar-refractivity contribution >= 4 is 5.69 Å². The first-order chi connectivity index (χ1) is 8.63. The van der Waals surface area contributed by atoms with Crippen molar-refractivity contribution in [1.82, 2.24) is 4.98 Å². The zero-order chi connectivity index (χ0) is 13.4. The normalized spacial score (nSPS) is 10.7. The van der Waals surface area contributed by atoms with Crippen LogP contribution in [0.4, 0.5) is 5.69 Å². The Kier molecular flexibility index (Phi) is 6.50. The maximum absolute atomic E-state index is 5.53.